The number of rotatable bonds is 3. The molecule has 4 rings (SSSR count). The van der Waals surface area contributed by atoms with E-state index in [1.807, 2.05) is 6.07 Å². The molecule has 0 aromatic carbocycles. The van der Waals surface area contributed by atoms with Crippen LogP contribution < -0.4 is 10.9 Å². The summed E-state index contributed by atoms with van der Waals surface area (Å²) in [6.07, 6.45) is 7.50. The molecular formula is C16H22N2O2. The van der Waals surface area contributed by atoms with Gasteiger partial charge in [0, 0.05) is 30.5 Å². The summed E-state index contributed by atoms with van der Waals surface area (Å²) in [6, 6.07) is 4.53. The van der Waals surface area contributed by atoms with Gasteiger partial charge in [-0.15, -0.1) is 0 Å². The maximum atomic E-state index is 11.4. The normalized spacial score (nSPS) is 33.1. The van der Waals surface area contributed by atoms with Crippen molar-refractivity contribution in [1.29, 1.82) is 0 Å². The molecule has 4 nitrogen and oxygen atoms in total. The third kappa shape index (κ3) is 2.31. The molecule has 4 heteroatoms. The zero-order valence-corrected chi connectivity index (χ0v) is 11.7. The quantitative estimate of drug-likeness (QED) is 0.885. The van der Waals surface area contributed by atoms with Gasteiger partial charge in [0.25, 0.3) is 0 Å². The molecule has 20 heavy (non-hydrogen) atoms. The van der Waals surface area contributed by atoms with Crippen LogP contribution in [0.5, 0.6) is 0 Å². The first-order chi connectivity index (χ1) is 9.81. The molecule has 3 unspecified atom stereocenters. The van der Waals surface area contributed by atoms with Crippen molar-refractivity contribution in [2.45, 2.75) is 56.7 Å². The van der Waals surface area contributed by atoms with Gasteiger partial charge in [-0.25, -0.2) is 0 Å². The zero-order valence-electron chi connectivity index (χ0n) is 11.7. The van der Waals surface area contributed by atoms with Crippen molar-refractivity contribution in [1.82, 2.24) is 10.3 Å². The molecule has 0 radical (unpaired) electrons. The Morgan fingerprint density at radius 1 is 1.20 bits per heavy atom. The fourth-order valence-electron chi connectivity index (χ4n) is 3.81. The number of H-pyrrole nitrogens is 1. The number of aryl methyl sites for hydroxylation is 1. The maximum absolute atomic E-state index is 11.4. The largest absolute Gasteiger partial charge is 0.376 e. The summed E-state index contributed by atoms with van der Waals surface area (Å²) in [7, 11) is 0. The lowest BCUT2D eigenvalue weighted by molar-refractivity contribution is 0.0783. The molecule has 2 N–H and O–H groups in total. The minimum Gasteiger partial charge on any atom is -0.376 e. The van der Waals surface area contributed by atoms with Gasteiger partial charge >= 0.3 is 0 Å². The van der Waals surface area contributed by atoms with E-state index in [1.54, 1.807) is 6.07 Å². The minimum atomic E-state index is 0.0180. The lowest BCUT2D eigenvalue weighted by atomic mass is 9.90. The lowest BCUT2D eigenvalue weighted by Crippen LogP contribution is -2.41. The summed E-state index contributed by atoms with van der Waals surface area (Å²) in [5.74, 6) is 0.786. The second-order valence-electron chi connectivity index (χ2n) is 6.44. The Kier molecular flexibility index (Phi) is 3.15. The van der Waals surface area contributed by atoms with Crippen LogP contribution in [0.25, 0.3) is 0 Å². The van der Waals surface area contributed by atoms with E-state index < -0.39 is 0 Å². The SMILES string of the molecule is O=c1ccc2c([nH]1)CCCC2NC1CCOC1C1CC1. The van der Waals surface area contributed by atoms with Crippen molar-refractivity contribution >= 4 is 0 Å². The van der Waals surface area contributed by atoms with Crippen molar-refractivity contribution in [2.75, 3.05) is 6.61 Å². The molecule has 2 aliphatic carbocycles. The number of nitrogens with one attached hydrogen (secondary N) is 2. The van der Waals surface area contributed by atoms with E-state index in [1.165, 1.54) is 18.4 Å². The summed E-state index contributed by atoms with van der Waals surface area (Å²) in [4.78, 5) is 14.4. The summed E-state index contributed by atoms with van der Waals surface area (Å²) >= 11 is 0. The van der Waals surface area contributed by atoms with E-state index in [2.05, 4.69) is 10.3 Å². The van der Waals surface area contributed by atoms with E-state index in [0.29, 0.717) is 18.2 Å². The lowest BCUT2D eigenvalue weighted by Gasteiger charge is -2.30. The van der Waals surface area contributed by atoms with Crippen molar-refractivity contribution < 1.29 is 4.74 Å². The Hall–Kier alpha value is -1.13. The molecule has 1 aliphatic heterocycles. The predicted octanol–water partition coefficient (Wildman–Crippen LogP) is 1.91. The van der Waals surface area contributed by atoms with Gasteiger partial charge < -0.3 is 15.0 Å². The van der Waals surface area contributed by atoms with Crippen LogP contribution in [0, 0.1) is 5.92 Å². The van der Waals surface area contributed by atoms with E-state index in [9.17, 15) is 4.79 Å². The van der Waals surface area contributed by atoms with E-state index in [-0.39, 0.29) is 5.56 Å². The van der Waals surface area contributed by atoms with Crippen LogP contribution in [0.3, 0.4) is 0 Å². The zero-order chi connectivity index (χ0) is 13.5. The molecule has 0 amide bonds. The molecule has 1 aromatic heterocycles. The monoisotopic (exact) mass is 274 g/mol. The molecule has 0 bridgehead atoms. The van der Waals surface area contributed by atoms with Crippen molar-refractivity contribution in [3.05, 3.63) is 33.7 Å². The van der Waals surface area contributed by atoms with Gasteiger partial charge in [-0.3, -0.25) is 4.79 Å². The molecule has 2 fully saturated rings. The summed E-state index contributed by atoms with van der Waals surface area (Å²) in [6.45, 7) is 0.893. The van der Waals surface area contributed by atoms with Crippen LogP contribution in [0.15, 0.2) is 16.9 Å². The highest BCUT2D eigenvalue weighted by molar-refractivity contribution is 5.26. The molecule has 1 saturated carbocycles. The van der Waals surface area contributed by atoms with E-state index in [4.69, 9.17) is 4.74 Å². The Morgan fingerprint density at radius 2 is 2.10 bits per heavy atom. The first kappa shape index (κ1) is 12.6. The summed E-state index contributed by atoms with van der Waals surface area (Å²) in [5.41, 5.74) is 2.44. The van der Waals surface area contributed by atoms with Crippen LogP contribution in [0.4, 0.5) is 0 Å². The standard InChI is InChI=1S/C16H22N2O2/c19-15-7-6-11-12(2-1-3-13(11)18-15)17-14-8-9-20-16(14)10-4-5-10/h6-7,10,12,14,16-17H,1-5,8-9H2,(H,18,19). The fraction of sp³-hybridized carbons (Fsp3) is 0.688. The van der Waals surface area contributed by atoms with Gasteiger partial charge in [-0.2, -0.15) is 0 Å². The van der Waals surface area contributed by atoms with Crippen LogP contribution in [0.1, 0.15) is 49.4 Å². The first-order valence-corrected chi connectivity index (χ1v) is 7.91. The predicted molar refractivity (Wildman–Crippen MR) is 76.7 cm³/mol. The molecule has 2 heterocycles. The fourth-order valence-corrected chi connectivity index (χ4v) is 3.81. The molecule has 108 valence electrons. The highest BCUT2D eigenvalue weighted by atomic mass is 16.5. The van der Waals surface area contributed by atoms with E-state index in [0.717, 1.165) is 43.9 Å². The number of fused-ring (bicyclic) bond motifs is 1. The molecular weight excluding hydrogens is 252 g/mol. The van der Waals surface area contributed by atoms with Crippen LogP contribution in [-0.2, 0) is 11.2 Å². The Labute approximate surface area is 118 Å². The van der Waals surface area contributed by atoms with Crippen molar-refractivity contribution in [3.63, 3.8) is 0 Å². The topological polar surface area (TPSA) is 54.1 Å². The smallest absolute Gasteiger partial charge is 0.248 e. The highest BCUT2D eigenvalue weighted by Gasteiger charge is 2.41. The van der Waals surface area contributed by atoms with Gasteiger partial charge in [-0.05, 0) is 50.0 Å². The minimum absolute atomic E-state index is 0.0180. The average Bonchev–Trinajstić information content (AvgIpc) is 3.19. The number of ether oxygens (including phenoxy) is 1. The van der Waals surface area contributed by atoms with Crippen LogP contribution in [-0.4, -0.2) is 23.7 Å². The number of aromatic nitrogens is 1. The van der Waals surface area contributed by atoms with Gasteiger partial charge in [0.05, 0.1) is 6.10 Å². The molecule has 1 saturated heterocycles. The van der Waals surface area contributed by atoms with Gasteiger partial charge in [0.2, 0.25) is 5.56 Å². The average molecular weight is 274 g/mol. The van der Waals surface area contributed by atoms with Gasteiger partial charge in [0.15, 0.2) is 0 Å². The Bertz CT molecular complexity index is 550. The van der Waals surface area contributed by atoms with Crippen molar-refractivity contribution in [2.24, 2.45) is 5.92 Å². The maximum Gasteiger partial charge on any atom is 0.248 e. The second-order valence-corrected chi connectivity index (χ2v) is 6.44. The molecule has 3 aliphatic rings. The summed E-state index contributed by atoms with van der Waals surface area (Å²) < 4.78 is 5.92. The Morgan fingerprint density at radius 3 is 2.95 bits per heavy atom. The summed E-state index contributed by atoms with van der Waals surface area (Å²) in [5, 5.41) is 3.82. The van der Waals surface area contributed by atoms with Gasteiger partial charge in [0.1, 0.15) is 0 Å². The number of pyridine rings is 1. The number of aromatic amines is 1. The number of hydrogen-bond donors (Lipinski definition) is 2. The van der Waals surface area contributed by atoms with E-state index >= 15 is 0 Å². The van der Waals surface area contributed by atoms with Crippen LogP contribution >= 0.6 is 0 Å². The first-order valence-electron chi connectivity index (χ1n) is 7.91. The third-order valence-corrected chi connectivity index (χ3v) is 4.97. The van der Waals surface area contributed by atoms with Crippen LogP contribution in [0.2, 0.25) is 0 Å². The third-order valence-electron chi connectivity index (χ3n) is 4.97. The second kappa shape index (κ2) is 5.01. The molecule has 3 atom stereocenters. The number of hydrogen-bond acceptors (Lipinski definition) is 3. The molecule has 1 aromatic rings. The molecule has 0 spiro atoms. The Balaban J connectivity index is 1.53. The highest BCUT2D eigenvalue weighted by Crippen LogP contribution is 2.40. The van der Waals surface area contributed by atoms with Crippen molar-refractivity contribution in [3.8, 4) is 0 Å². The van der Waals surface area contributed by atoms with Gasteiger partial charge in [-0.1, -0.05) is 6.07 Å².